The molecular formula is C50H33IrN6S-. The minimum absolute atomic E-state index is 0. The van der Waals surface area contributed by atoms with Gasteiger partial charge in [-0.2, -0.15) is 9.97 Å². The first kappa shape index (κ1) is 35.9. The van der Waals surface area contributed by atoms with E-state index in [1.54, 1.807) is 29.9 Å². The van der Waals surface area contributed by atoms with Gasteiger partial charge in [0.1, 0.15) is 0 Å². The van der Waals surface area contributed by atoms with Crippen molar-refractivity contribution in [3.63, 3.8) is 0 Å². The summed E-state index contributed by atoms with van der Waals surface area (Å²) in [6, 6.07) is 54.7. The Balaban J connectivity index is 0.00000408. The molecule has 1 aliphatic rings. The zero-order valence-corrected chi connectivity index (χ0v) is 34.7. The third-order valence-corrected chi connectivity index (χ3v) is 12.4. The van der Waals surface area contributed by atoms with E-state index in [-0.39, 0.29) is 25.5 Å². The molecule has 10 aromatic rings. The van der Waals surface area contributed by atoms with Crippen molar-refractivity contribution >= 4 is 33.1 Å². The number of aromatic nitrogens is 6. The molecule has 6 nitrogen and oxygen atoms in total. The quantitative estimate of drug-likeness (QED) is 0.155. The van der Waals surface area contributed by atoms with E-state index in [9.17, 15) is 0 Å². The van der Waals surface area contributed by atoms with Crippen LogP contribution in [-0.2, 0) is 25.5 Å². The SMILES string of the molecule is CC1(C)c2ccccc2-c2cc3c4cc(-c5ccc(-c6cc[c-]c(-c7cnccn7)c6)s5)ccc4n(-c4nc(-c5ccccc5)nc(-c5ccccc5)n4)c3cc21.[Ir]. The first-order valence-electron chi connectivity index (χ1n) is 19.0. The summed E-state index contributed by atoms with van der Waals surface area (Å²) in [7, 11) is 0. The first-order chi connectivity index (χ1) is 28.0. The fraction of sp³-hybridized carbons (Fsp3) is 0.0600. The molecule has 0 fully saturated rings. The second-order valence-electron chi connectivity index (χ2n) is 14.9. The van der Waals surface area contributed by atoms with Gasteiger partial charge in [0.25, 0.3) is 0 Å². The van der Waals surface area contributed by atoms with Crippen LogP contribution in [-0.4, -0.2) is 29.5 Å². The Labute approximate surface area is 353 Å². The molecule has 0 amide bonds. The molecule has 58 heavy (non-hydrogen) atoms. The molecule has 0 spiro atoms. The van der Waals surface area contributed by atoms with Crippen molar-refractivity contribution in [2.75, 3.05) is 0 Å². The summed E-state index contributed by atoms with van der Waals surface area (Å²) in [4.78, 5) is 26.6. The van der Waals surface area contributed by atoms with Gasteiger partial charge in [0, 0.05) is 81.5 Å². The first-order valence-corrected chi connectivity index (χ1v) is 19.8. The Bertz CT molecular complexity index is 3100. The van der Waals surface area contributed by atoms with Crippen molar-refractivity contribution in [3.05, 3.63) is 181 Å². The van der Waals surface area contributed by atoms with Crippen LogP contribution in [0.3, 0.4) is 0 Å². The summed E-state index contributed by atoms with van der Waals surface area (Å²) in [5.41, 5.74) is 13.0. The molecule has 11 rings (SSSR count). The Morgan fingerprint density at radius 2 is 1.24 bits per heavy atom. The number of fused-ring (bicyclic) bond motifs is 6. The van der Waals surface area contributed by atoms with E-state index in [2.05, 4.69) is 138 Å². The van der Waals surface area contributed by atoms with Crippen molar-refractivity contribution in [1.82, 2.24) is 29.5 Å². The minimum atomic E-state index is -0.175. The van der Waals surface area contributed by atoms with Crippen molar-refractivity contribution in [3.8, 4) is 72.0 Å². The van der Waals surface area contributed by atoms with Crippen LogP contribution in [0, 0.1) is 6.07 Å². The fourth-order valence-corrected chi connectivity index (χ4v) is 9.33. The minimum Gasteiger partial charge on any atom is -0.302 e. The molecule has 4 aromatic heterocycles. The van der Waals surface area contributed by atoms with Crippen LogP contribution in [0.4, 0.5) is 0 Å². The van der Waals surface area contributed by atoms with Crippen LogP contribution < -0.4 is 0 Å². The van der Waals surface area contributed by atoms with Crippen LogP contribution in [0.25, 0.3) is 93.8 Å². The Morgan fingerprint density at radius 3 is 1.95 bits per heavy atom. The van der Waals surface area contributed by atoms with E-state index in [4.69, 9.17) is 15.0 Å². The maximum Gasteiger partial charge on any atom is 0.238 e. The monoisotopic (exact) mass is 942 g/mol. The van der Waals surface area contributed by atoms with Crippen LogP contribution in [0.2, 0.25) is 0 Å². The van der Waals surface area contributed by atoms with Gasteiger partial charge in [-0.1, -0.05) is 110 Å². The van der Waals surface area contributed by atoms with Crippen LogP contribution in [0.5, 0.6) is 0 Å². The normalized spacial score (nSPS) is 12.7. The molecule has 4 heterocycles. The molecule has 0 atom stereocenters. The number of rotatable bonds is 6. The van der Waals surface area contributed by atoms with Gasteiger partial charge in [0.2, 0.25) is 5.95 Å². The van der Waals surface area contributed by atoms with Gasteiger partial charge in [-0.05, 0) is 64.2 Å². The van der Waals surface area contributed by atoms with Crippen LogP contribution in [0.1, 0.15) is 25.0 Å². The third kappa shape index (κ3) is 5.91. The molecule has 6 aromatic carbocycles. The predicted molar refractivity (Wildman–Crippen MR) is 231 cm³/mol. The topological polar surface area (TPSA) is 69.4 Å². The number of benzene rings is 6. The summed E-state index contributed by atoms with van der Waals surface area (Å²) in [6.07, 6.45) is 5.18. The summed E-state index contributed by atoms with van der Waals surface area (Å²) >= 11 is 1.78. The average molecular weight is 942 g/mol. The van der Waals surface area contributed by atoms with E-state index in [1.807, 2.05) is 42.5 Å². The largest absolute Gasteiger partial charge is 0.302 e. The Hall–Kier alpha value is -6.44. The van der Waals surface area contributed by atoms with Gasteiger partial charge in [0.05, 0.1) is 11.0 Å². The molecule has 0 saturated heterocycles. The Morgan fingerprint density at radius 1 is 0.569 bits per heavy atom. The molecule has 0 aliphatic heterocycles. The average Bonchev–Trinajstić information content (AvgIpc) is 3.95. The zero-order chi connectivity index (χ0) is 38.1. The maximum absolute atomic E-state index is 5.22. The van der Waals surface area contributed by atoms with Crippen molar-refractivity contribution < 1.29 is 20.1 Å². The summed E-state index contributed by atoms with van der Waals surface area (Å²) < 4.78 is 2.24. The molecule has 1 aliphatic carbocycles. The van der Waals surface area contributed by atoms with Gasteiger partial charge in [-0.25, -0.2) is 4.98 Å². The fourth-order valence-electron chi connectivity index (χ4n) is 8.33. The van der Waals surface area contributed by atoms with Crippen LogP contribution >= 0.6 is 11.3 Å². The Kier molecular flexibility index (Phi) is 8.79. The summed E-state index contributed by atoms with van der Waals surface area (Å²) in [6.45, 7) is 4.65. The van der Waals surface area contributed by atoms with Crippen molar-refractivity contribution in [2.45, 2.75) is 19.3 Å². The van der Waals surface area contributed by atoms with Crippen molar-refractivity contribution in [2.24, 2.45) is 0 Å². The van der Waals surface area contributed by atoms with Gasteiger partial charge in [-0.15, -0.1) is 41.2 Å². The van der Waals surface area contributed by atoms with Gasteiger partial charge in [0.15, 0.2) is 11.6 Å². The van der Waals surface area contributed by atoms with Gasteiger partial charge < -0.3 is 4.98 Å². The van der Waals surface area contributed by atoms with Crippen molar-refractivity contribution in [1.29, 1.82) is 0 Å². The van der Waals surface area contributed by atoms with Gasteiger partial charge >= 0.3 is 0 Å². The molecule has 279 valence electrons. The van der Waals surface area contributed by atoms with E-state index in [1.165, 1.54) is 32.0 Å². The number of hydrogen-bond acceptors (Lipinski definition) is 6. The van der Waals surface area contributed by atoms with Crippen LogP contribution in [0.15, 0.2) is 164 Å². The van der Waals surface area contributed by atoms with E-state index < -0.39 is 0 Å². The molecular weight excluding hydrogens is 909 g/mol. The summed E-state index contributed by atoms with van der Waals surface area (Å²) in [5.74, 6) is 1.85. The zero-order valence-electron chi connectivity index (χ0n) is 31.5. The third-order valence-electron chi connectivity index (χ3n) is 11.2. The van der Waals surface area contributed by atoms with E-state index in [0.717, 1.165) is 55.3 Å². The predicted octanol–water partition coefficient (Wildman–Crippen LogP) is 12.3. The maximum atomic E-state index is 5.22. The molecule has 8 heteroatoms. The molecule has 0 N–H and O–H groups in total. The number of hydrogen-bond donors (Lipinski definition) is 0. The smallest absolute Gasteiger partial charge is 0.238 e. The summed E-state index contributed by atoms with van der Waals surface area (Å²) in [5, 5.41) is 2.30. The number of nitrogens with zero attached hydrogens (tertiary/aromatic N) is 6. The standard InChI is InChI=1S/C50H33N6S.Ir/c1-50(2)40-19-10-9-18-36(40)37-28-39-38-27-35(46-23-22-45(57-46)34-17-11-16-33(26-34)42-30-51-24-25-52-42)20-21-43(38)56(44(39)29-41(37)50)49-54-47(31-12-5-3-6-13-31)53-48(55-49)32-14-7-4-8-15-32;/h3-15,17-30H,1-2H3;/q-1;. The van der Waals surface area contributed by atoms with E-state index >= 15 is 0 Å². The molecule has 0 saturated carbocycles. The van der Waals surface area contributed by atoms with Gasteiger partial charge in [-0.3, -0.25) is 9.55 Å². The second kappa shape index (κ2) is 14.2. The number of thiophene rings is 1. The van der Waals surface area contributed by atoms with E-state index in [0.29, 0.717) is 17.6 Å². The second-order valence-corrected chi connectivity index (χ2v) is 16.0. The molecule has 0 bridgehead atoms. The molecule has 0 unspecified atom stereocenters. The molecule has 1 radical (unpaired) electrons.